The molecule has 6 heteroatoms. The number of anilines is 2. The first kappa shape index (κ1) is 18.3. The van der Waals surface area contributed by atoms with Crippen molar-refractivity contribution in [2.24, 2.45) is 5.41 Å². The second-order valence-corrected chi connectivity index (χ2v) is 8.02. The van der Waals surface area contributed by atoms with Crippen molar-refractivity contribution in [1.29, 1.82) is 0 Å². The molecule has 3 aromatic rings. The lowest BCUT2D eigenvalue weighted by Gasteiger charge is -2.22. The number of hydrogen-bond acceptors (Lipinski definition) is 6. The third-order valence-corrected chi connectivity index (χ3v) is 6.02. The molecule has 28 heavy (non-hydrogen) atoms. The molecule has 1 heterocycles. The first-order chi connectivity index (χ1) is 13.4. The number of rotatable bonds is 6. The van der Waals surface area contributed by atoms with Crippen molar-refractivity contribution >= 4 is 22.7 Å². The summed E-state index contributed by atoms with van der Waals surface area (Å²) in [7, 11) is 3.20. The Bertz CT molecular complexity index is 1020. The molecule has 3 N–H and O–H groups in total. The Balaban J connectivity index is 1.65. The fraction of sp³-hybridized carbons (Fsp3) is 0.364. The van der Waals surface area contributed by atoms with Crippen LogP contribution in [0.5, 0.6) is 11.5 Å². The molecule has 1 fully saturated rings. The molecular weight excluding hydrogens is 352 g/mol. The fourth-order valence-electron chi connectivity index (χ4n) is 4.15. The molecule has 4 rings (SSSR count). The van der Waals surface area contributed by atoms with Crippen LogP contribution >= 0.6 is 0 Å². The number of nitrogens with one attached hydrogen (secondary N) is 1. The Labute approximate surface area is 165 Å². The summed E-state index contributed by atoms with van der Waals surface area (Å²) in [5.41, 5.74) is 8.55. The van der Waals surface area contributed by atoms with Gasteiger partial charge >= 0.3 is 0 Å². The first-order valence-electron chi connectivity index (χ1n) is 9.39. The van der Waals surface area contributed by atoms with Gasteiger partial charge in [-0.05, 0) is 23.5 Å². The van der Waals surface area contributed by atoms with E-state index in [2.05, 4.69) is 59.5 Å². The molecule has 1 unspecified atom stereocenters. The molecule has 1 aliphatic rings. The van der Waals surface area contributed by atoms with E-state index in [0.29, 0.717) is 23.3 Å². The van der Waals surface area contributed by atoms with E-state index in [1.54, 1.807) is 14.2 Å². The summed E-state index contributed by atoms with van der Waals surface area (Å²) >= 11 is 0. The van der Waals surface area contributed by atoms with Crippen LogP contribution in [-0.4, -0.2) is 30.7 Å². The smallest absolute Gasteiger partial charge is 0.225 e. The van der Waals surface area contributed by atoms with Gasteiger partial charge in [-0.1, -0.05) is 44.2 Å². The van der Waals surface area contributed by atoms with Crippen LogP contribution in [0.15, 0.2) is 42.5 Å². The van der Waals surface area contributed by atoms with Gasteiger partial charge in [0.2, 0.25) is 5.95 Å². The summed E-state index contributed by atoms with van der Waals surface area (Å²) in [5.74, 6) is 2.16. The normalized spacial score (nSPS) is 20.0. The predicted octanol–water partition coefficient (Wildman–Crippen LogP) is 4.01. The number of fused-ring (bicyclic) bond motifs is 1. The van der Waals surface area contributed by atoms with E-state index in [1.165, 1.54) is 5.56 Å². The van der Waals surface area contributed by atoms with Crippen molar-refractivity contribution < 1.29 is 9.47 Å². The second kappa shape index (κ2) is 6.55. The van der Waals surface area contributed by atoms with E-state index in [1.807, 2.05) is 12.1 Å². The number of hydrogen-bond donors (Lipinski definition) is 2. The molecule has 0 amide bonds. The summed E-state index contributed by atoms with van der Waals surface area (Å²) in [4.78, 5) is 9.12. The zero-order valence-electron chi connectivity index (χ0n) is 16.7. The van der Waals surface area contributed by atoms with Crippen molar-refractivity contribution in [2.75, 3.05) is 31.8 Å². The summed E-state index contributed by atoms with van der Waals surface area (Å²) in [6.07, 6.45) is 1.12. The van der Waals surface area contributed by atoms with Crippen LogP contribution in [0.25, 0.3) is 10.9 Å². The van der Waals surface area contributed by atoms with Gasteiger partial charge in [0.1, 0.15) is 5.82 Å². The number of nitrogens with zero attached hydrogens (tertiary/aromatic N) is 2. The lowest BCUT2D eigenvalue weighted by Crippen LogP contribution is -2.25. The van der Waals surface area contributed by atoms with Crippen LogP contribution in [-0.2, 0) is 5.41 Å². The quantitative estimate of drug-likeness (QED) is 0.674. The van der Waals surface area contributed by atoms with Crippen molar-refractivity contribution in [3.63, 3.8) is 0 Å². The summed E-state index contributed by atoms with van der Waals surface area (Å²) < 4.78 is 10.7. The minimum Gasteiger partial charge on any atom is -0.493 e. The SMILES string of the molecule is COc1cc2nc(NCC3(c4ccccc4)CC3(C)C)nc(N)c2cc1OC. The van der Waals surface area contributed by atoms with Gasteiger partial charge in [0.25, 0.3) is 0 Å². The predicted molar refractivity (Wildman–Crippen MR) is 112 cm³/mol. The third kappa shape index (κ3) is 2.89. The Morgan fingerprint density at radius 2 is 1.68 bits per heavy atom. The highest BCUT2D eigenvalue weighted by Gasteiger charge is 2.61. The Morgan fingerprint density at radius 1 is 1.04 bits per heavy atom. The zero-order chi connectivity index (χ0) is 19.9. The van der Waals surface area contributed by atoms with E-state index < -0.39 is 0 Å². The lowest BCUT2D eigenvalue weighted by molar-refractivity contribution is 0.356. The molecule has 0 spiro atoms. The number of benzene rings is 2. The largest absolute Gasteiger partial charge is 0.493 e. The minimum atomic E-state index is 0.0684. The summed E-state index contributed by atoms with van der Waals surface area (Å²) in [6, 6.07) is 14.3. The Morgan fingerprint density at radius 3 is 2.29 bits per heavy atom. The first-order valence-corrected chi connectivity index (χ1v) is 9.39. The van der Waals surface area contributed by atoms with Crippen molar-refractivity contribution in [3.8, 4) is 11.5 Å². The molecule has 1 aliphatic carbocycles. The average molecular weight is 378 g/mol. The topological polar surface area (TPSA) is 82.3 Å². The van der Waals surface area contributed by atoms with Gasteiger partial charge < -0.3 is 20.5 Å². The van der Waals surface area contributed by atoms with Gasteiger partial charge in [-0.15, -0.1) is 0 Å². The monoisotopic (exact) mass is 378 g/mol. The molecule has 1 atom stereocenters. The molecule has 0 radical (unpaired) electrons. The third-order valence-electron chi connectivity index (χ3n) is 6.02. The van der Waals surface area contributed by atoms with Crippen LogP contribution in [0.1, 0.15) is 25.8 Å². The Hall–Kier alpha value is -3.02. The maximum absolute atomic E-state index is 6.20. The number of nitrogens with two attached hydrogens (primary N) is 1. The van der Waals surface area contributed by atoms with Gasteiger partial charge in [-0.2, -0.15) is 4.98 Å². The van der Waals surface area contributed by atoms with Crippen LogP contribution in [0.3, 0.4) is 0 Å². The van der Waals surface area contributed by atoms with E-state index in [-0.39, 0.29) is 10.8 Å². The van der Waals surface area contributed by atoms with E-state index in [9.17, 15) is 0 Å². The van der Waals surface area contributed by atoms with Crippen LogP contribution in [0.2, 0.25) is 0 Å². The highest BCUT2D eigenvalue weighted by Crippen LogP contribution is 2.64. The molecular formula is C22H26N4O2. The molecule has 6 nitrogen and oxygen atoms in total. The number of nitrogen functional groups attached to an aromatic ring is 1. The van der Waals surface area contributed by atoms with Gasteiger partial charge in [-0.25, -0.2) is 4.98 Å². The highest BCUT2D eigenvalue weighted by molar-refractivity contribution is 5.91. The maximum atomic E-state index is 6.20. The number of aromatic nitrogens is 2. The summed E-state index contributed by atoms with van der Waals surface area (Å²) in [5, 5.41) is 4.17. The average Bonchev–Trinajstić information content (AvgIpc) is 3.28. The fourth-order valence-corrected chi connectivity index (χ4v) is 4.15. The standard InChI is InChI=1S/C22H26N4O2/c1-21(2)12-22(21,14-8-6-5-7-9-14)13-24-20-25-16-11-18(28-4)17(27-3)10-15(16)19(23)26-20/h5-11H,12-13H2,1-4H3,(H3,23,24,25,26). The summed E-state index contributed by atoms with van der Waals surface area (Å²) in [6.45, 7) is 5.35. The van der Waals surface area contributed by atoms with Gasteiger partial charge in [0.15, 0.2) is 11.5 Å². The van der Waals surface area contributed by atoms with Crippen molar-refractivity contribution in [2.45, 2.75) is 25.7 Å². The van der Waals surface area contributed by atoms with Crippen LogP contribution < -0.4 is 20.5 Å². The van der Waals surface area contributed by atoms with Gasteiger partial charge in [-0.3, -0.25) is 0 Å². The zero-order valence-corrected chi connectivity index (χ0v) is 16.7. The minimum absolute atomic E-state index is 0.0684. The molecule has 0 aliphatic heterocycles. The molecule has 0 saturated heterocycles. The molecule has 0 bridgehead atoms. The maximum Gasteiger partial charge on any atom is 0.225 e. The molecule has 1 aromatic heterocycles. The lowest BCUT2D eigenvalue weighted by atomic mass is 9.88. The van der Waals surface area contributed by atoms with E-state index >= 15 is 0 Å². The van der Waals surface area contributed by atoms with Crippen LogP contribution in [0, 0.1) is 5.41 Å². The van der Waals surface area contributed by atoms with Gasteiger partial charge in [0, 0.05) is 23.4 Å². The number of ether oxygens (including phenoxy) is 2. The highest BCUT2D eigenvalue weighted by atomic mass is 16.5. The van der Waals surface area contributed by atoms with Crippen molar-refractivity contribution in [3.05, 3.63) is 48.0 Å². The van der Waals surface area contributed by atoms with E-state index in [4.69, 9.17) is 15.2 Å². The Kier molecular flexibility index (Phi) is 4.29. The van der Waals surface area contributed by atoms with Crippen LogP contribution in [0.4, 0.5) is 11.8 Å². The van der Waals surface area contributed by atoms with Gasteiger partial charge in [0.05, 0.1) is 19.7 Å². The second-order valence-electron chi connectivity index (χ2n) is 8.02. The number of methoxy groups -OCH3 is 2. The molecule has 1 saturated carbocycles. The molecule has 146 valence electrons. The molecule has 2 aromatic carbocycles. The van der Waals surface area contributed by atoms with E-state index in [0.717, 1.165) is 23.9 Å². The van der Waals surface area contributed by atoms with Crippen molar-refractivity contribution in [1.82, 2.24) is 9.97 Å².